The molecule has 0 radical (unpaired) electrons. The van der Waals surface area contributed by atoms with E-state index < -0.39 is 0 Å². The van der Waals surface area contributed by atoms with E-state index in [4.69, 9.17) is 0 Å². The first-order valence-corrected chi connectivity index (χ1v) is 10.2. The summed E-state index contributed by atoms with van der Waals surface area (Å²) in [7, 11) is 0. The molecule has 0 N–H and O–H groups in total. The first-order valence-electron chi connectivity index (χ1n) is 10.2. The molecular weight excluding hydrogens is 314 g/mol. The Morgan fingerprint density at radius 2 is 1.62 bits per heavy atom. The van der Waals surface area contributed by atoms with Gasteiger partial charge in [-0.3, -0.25) is 4.98 Å². The molecule has 0 saturated carbocycles. The minimum absolute atomic E-state index is 1.00. The Bertz CT molecular complexity index is 648. The van der Waals surface area contributed by atoms with Crippen molar-refractivity contribution in [3.8, 4) is 11.1 Å². The molecule has 0 spiro atoms. The molecule has 0 fully saturated rings. The zero-order chi connectivity index (χ0) is 19.4. The summed E-state index contributed by atoms with van der Waals surface area (Å²) >= 11 is 0. The highest BCUT2D eigenvalue weighted by Crippen LogP contribution is 2.21. The molecule has 1 heteroatoms. The third-order valence-electron chi connectivity index (χ3n) is 4.95. The average molecular weight is 352 g/mol. The highest BCUT2D eigenvalue weighted by molar-refractivity contribution is 5.65. The summed E-state index contributed by atoms with van der Waals surface area (Å²) in [6, 6.07) is 10.7. The van der Waals surface area contributed by atoms with Crippen LogP contribution < -0.4 is 0 Å². The van der Waals surface area contributed by atoms with Gasteiger partial charge in [0.1, 0.15) is 0 Å². The molecule has 2 rings (SSSR count). The monoisotopic (exact) mass is 351 g/mol. The van der Waals surface area contributed by atoms with Crippen LogP contribution in [0.4, 0.5) is 0 Å². The summed E-state index contributed by atoms with van der Waals surface area (Å²) in [5, 5.41) is 0. The van der Waals surface area contributed by atoms with Gasteiger partial charge in [0.2, 0.25) is 0 Å². The standard InChI is InChI=1S/C16H17N.C9H20/c1-4-5-16-13(3)10-15(11-17-16)14-8-6-12(2)7-9-14;1-4-7-8-9(5-2)6-3/h4-11H,1-3H3;9H,4-8H2,1-3H3/b5-4-;. The number of aromatic nitrogens is 1. The van der Waals surface area contributed by atoms with Crippen LogP contribution in [0.3, 0.4) is 0 Å². The van der Waals surface area contributed by atoms with E-state index in [1.807, 2.05) is 25.3 Å². The van der Waals surface area contributed by atoms with Crippen LogP contribution in [0.5, 0.6) is 0 Å². The summed E-state index contributed by atoms with van der Waals surface area (Å²) in [5.74, 6) is 1.00. The van der Waals surface area contributed by atoms with E-state index in [9.17, 15) is 0 Å². The van der Waals surface area contributed by atoms with E-state index in [2.05, 4.69) is 69.9 Å². The Kier molecular flexibility index (Phi) is 10.6. The molecule has 2 aromatic rings. The van der Waals surface area contributed by atoms with Crippen molar-refractivity contribution in [1.82, 2.24) is 4.98 Å². The predicted molar refractivity (Wildman–Crippen MR) is 117 cm³/mol. The Morgan fingerprint density at radius 1 is 0.962 bits per heavy atom. The molecule has 1 aromatic carbocycles. The van der Waals surface area contributed by atoms with Crippen LogP contribution in [-0.2, 0) is 0 Å². The van der Waals surface area contributed by atoms with Gasteiger partial charge >= 0.3 is 0 Å². The molecule has 26 heavy (non-hydrogen) atoms. The molecule has 0 saturated heterocycles. The number of rotatable bonds is 7. The van der Waals surface area contributed by atoms with Crippen molar-refractivity contribution in [2.45, 2.75) is 73.6 Å². The number of nitrogens with zero attached hydrogens (tertiary/aromatic N) is 1. The van der Waals surface area contributed by atoms with Gasteiger partial charge in [-0.25, -0.2) is 0 Å². The van der Waals surface area contributed by atoms with E-state index in [1.165, 1.54) is 54.4 Å². The van der Waals surface area contributed by atoms with E-state index in [-0.39, 0.29) is 0 Å². The third kappa shape index (κ3) is 7.56. The number of benzene rings is 1. The molecule has 1 heterocycles. The Balaban J connectivity index is 0.000000321. The fourth-order valence-corrected chi connectivity index (χ4v) is 3.01. The van der Waals surface area contributed by atoms with Gasteiger partial charge in [0.15, 0.2) is 0 Å². The van der Waals surface area contributed by atoms with Crippen molar-refractivity contribution in [3.63, 3.8) is 0 Å². The number of allylic oxidation sites excluding steroid dienone is 1. The van der Waals surface area contributed by atoms with Crippen LogP contribution >= 0.6 is 0 Å². The predicted octanol–water partition coefficient (Wildman–Crippen LogP) is 8.01. The summed E-state index contributed by atoms with van der Waals surface area (Å²) in [6.45, 7) is 13.1. The lowest BCUT2D eigenvalue weighted by molar-refractivity contribution is 0.438. The molecular formula is C25H37N. The maximum Gasteiger partial charge on any atom is 0.0655 e. The van der Waals surface area contributed by atoms with Crippen molar-refractivity contribution in [1.29, 1.82) is 0 Å². The van der Waals surface area contributed by atoms with Crippen LogP contribution in [0.1, 0.15) is 76.6 Å². The van der Waals surface area contributed by atoms with Gasteiger partial charge in [-0.05, 0) is 50.0 Å². The summed E-state index contributed by atoms with van der Waals surface area (Å²) in [4.78, 5) is 4.48. The lowest BCUT2D eigenvalue weighted by Crippen LogP contribution is -1.95. The number of unbranched alkanes of at least 4 members (excludes halogenated alkanes) is 1. The zero-order valence-corrected chi connectivity index (χ0v) is 17.7. The molecule has 0 bridgehead atoms. The SMILES string of the molecule is C/C=C\c1ncc(-c2ccc(C)cc2)cc1C.CCCCC(CC)CC. The molecule has 1 nitrogen and oxygen atoms in total. The highest BCUT2D eigenvalue weighted by Gasteiger charge is 2.01. The second-order valence-electron chi connectivity index (χ2n) is 7.12. The lowest BCUT2D eigenvalue weighted by atomic mass is 9.97. The molecule has 0 amide bonds. The molecule has 0 aliphatic carbocycles. The Hall–Kier alpha value is -1.89. The maximum absolute atomic E-state index is 4.48. The summed E-state index contributed by atoms with van der Waals surface area (Å²) in [6.07, 6.45) is 13.0. The van der Waals surface area contributed by atoms with Gasteiger partial charge in [0.05, 0.1) is 5.69 Å². The van der Waals surface area contributed by atoms with Crippen LogP contribution in [0.15, 0.2) is 42.6 Å². The number of hydrogen-bond donors (Lipinski definition) is 0. The number of pyridine rings is 1. The van der Waals surface area contributed by atoms with Gasteiger partial charge in [-0.15, -0.1) is 0 Å². The molecule has 1 aromatic heterocycles. The van der Waals surface area contributed by atoms with Crippen molar-refractivity contribution < 1.29 is 0 Å². The zero-order valence-electron chi connectivity index (χ0n) is 17.7. The molecule has 0 atom stereocenters. The minimum atomic E-state index is 1.00. The van der Waals surface area contributed by atoms with Crippen LogP contribution in [0.2, 0.25) is 0 Å². The Morgan fingerprint density at radius 3 is 2.12 bits per heavy atom. The second-order valence-corrected chi connectivity index (χ2v) is 7.12. The third-order valence-corrected chi connectivity index (χ3v) is 4.95. The fraction of sp³-hybridized carbons (Fsp3) is 0.480. The van der Waals surface area contributed by atoms with Gasteiger partial charge in [-0.2, -0.15) is 0 Å². The molecule has 0 aliphatic heterocycles. The van der Waals surface area contributed by atoms with E-state index >= 15 is 0 Å². The summed E-state index contributed by atoms with van der Waals surface area (Å²) in [5.41, 5.74) is 5.93. The minimum Gasteiger partial charge on any atom is -0.256 e. The fourth-order valence-electron chi connectivity index (χ4n) is 3.01. The van der Waals surface area contributed by atoms with Crippen molar-refractivity contribution in [2.24, 2.45) is 5.92 Å². The first-order chi connectivity index (χ1) is 12.5. The average Bonchev–Trinajstić information content (AvgIpc) is 2.66. The topological polar surface area (TPSA) is 12.9 Å². The molecule has 142 valence electrons. The van der Waals surface area contributed by atoms with Gasteiger partial charge < -0.3 is 0 Å². The van der Waals surface area contributed by atoms with Crippen LogP contribution in [0, 0.1) is 19.8 Å². The largest absolute Gasteiger partial charge is 0.256 e. The maximum atomic E-state index is 4.48. The van der Waals surface area contributed by atoms with Crippen molar-refractivity contribution in [2.75, 3.05) is 0 Å². The van der Waals surface area contributed by atoms with Gasteiger partial charge in [0.25, 0.3) is 0 Å². The quantitative estimate of drug-likeness (QED) is 0.492. The second kappa shape index (κ2) is 12.5. The van der Waals surface area contributed by atoms with Crippen molar-refractivity contribution in [3.05, 3.63) is 59.4 Å². The van der Waals surface area contributed by atoms with Gasteiger partial charge in [0, 0.05) is 11.8 Å². The number of aryl methyl sites for hydroxylation is 2. The molecule has 0 unspecified atom stereocenters. The Labute approximate surface area is 161 Å². The normalized spacial score (nSPS) is 10.9. The van der Waals surface area contributed by atoms with Crippen LogP contribution in [0.25, 0.3) is 17.2 Å². The van der Waals surface area contributed by atoms with E-state index in [0.717, 1.165) is 11.6 Å². The van der Waals surface area contributed by atoms with Crippen molar-refractivity contribution >= 4 is 6.08 Å². The first kappa shape index (κ1) is 22.2. The van der Waals surface area contributed by atoms with Gasteiger partial charge in [-0.1, -0.05) is 88.8 Å². The number of hydrogen-bond acceptors (Lipinski definition) is 1. The van der Waals surface area contributed by atoms with Crippen LogP contribution in [-0.4, -0.2) is 4.98 Å². The molecule has 0 aliphatic rings. The van der Waals surface area contributed by atoms with E-state index in [0.29, 0.717) is 0 Å². The summed E-state index contributed by atoms with van der Waals surface area (Å²) < 4.78 is 0. The highest BCUT2D eigenvalue weighted by atomic mass is 14.7. The van der Waals surface area contributed by atoms with E-state index in [1.54, 1.807) is 0 Å². The smallest absolute Gasteiger partial charge is 0.0655 e. The lowest BCUT2D eigenvalue weighted by Gasteiger charge is -2.09.